The number of aliphatic carboxylic acids is 1. The second-order valence-electron chi connectivity index (χ2n) is 6.54. The summed E-state index contributed by atoms with van der Waals surface area (Å²) in [6.45, 7) is -0.887. The Bertz CT molecular complexity index is 836. The number of hydrogen-bond donors (Lipinski definition) is 2. The minimum absolute atomic E-state index is 0.0323. The number of benzene rings is 2. The van der Waals surface area contributed by atoms with Gasteiger partial charge in [-0.05, 0) is 22.3 Å². The van der Waals surface area contributed by atoms with E-state index in [0.29, 0.717) is 0 Å². The number of ether oxygens (including phenoxy) is 1. The van der Waals surface area contributed by atoms with Crippen LogP contribution in [0.3, 0.4) is 0 Å². The number of alkyl carbamates (subject to hydrolysis) is 1. The number of nitrogens with one attached hydrogen (secondary N) is 1. The minimum atomic E-state index is -4.73. The molecule has 3 rings (SSSR count). The number of alkyl halides is 3. The second-order valence-corrected chi connectivity index (χ2v) is 6.54. The maximum atomic E-state index is 12.8. The van der Waals surface area contributed by atoms with Crippen molar-refractivity contribution in [2.75, 3.05) is 13.2 Å². The molecule has 2 aromatic rings. The Morgan fingerprint density at radius 2 is 1.57 bits per heavy atom. The zero-order valence-corrected chi connectivity index (χ0v) is 14.7. The number of halogens is 3. The molecule has 0 aromatic heterocycles. The minimum Gasteiger partial charge on any atom is -0.481 e. The molecule has 148 valence electrons. The van der Waals surface area contributed by atoms with Gasteiger partial charge in [-0.2, -0.15) is 13.2 Å². The highest BCUT2D eigenvalue weighted by atomic mass is 19.4. The van der Waals surface area contributed by atoms with Gasteiger partial charge in [0, 0.05) is 12.5 Å². The van der Waals surface area contributed by atoms with Crippen molar-refractivity contribution in [2.45, 2.75) is 18.5 Å². The number of carboxylic acids is 1. The monoisotopic (exact) mass is 393 g/mol. The molecule has 2 aromatic carbocycles. The van der Waals surface area contributed by atoms with Gasteiger partial charge in [-0.3, -0.25) is 4.79 Å². The number of carbonyl (C=O) groups is 2. The summed E-state index contributed by atoms with van der Waals surface area (Å²) in [6.07, 6.45) is -6.86. The fourth-order valence-corrected chi connectivity index (χ4v) is 3.37. The Kier molecular flexibility index (Phi) is 5.58. The molecule has 0 saturated carbocycles. The molecule has 2 N–H and O–H groups in total. The van der Waals surface area contributed by atoms with Crippen molar-refractivity contribution in [3.05, 3.63) is 59.7 Å². The SMILES string of the molecule is O=C(O)CC(CNC(=O)OCC1c2ccccc2-c2ccccc21)C(F)(F)F. The maximum Gasteiger partial charge on any atom is 0.407 e. The van der Waals surface area contributed by atoms with Gasteiger partial charge in [0.05, 0.1) is 12.3 Å². The van der Waals surface area contributed by atoms with Crippen LogP contribution in [0.2, 0.25) is 0 Å². The van der Waals surface area contributed by atoms with Crippen molar-refractivity contribution in [1.82, 2.24) is 5.32 Å². The fraction of sp³-hybridized carbons (Fsp3) is 0.300. The number of carboxylic acid groups (broad SMARTS) is 1. The van der Waals surface area contributed by atoms with Crippen LogP contribution in [0, 0.1) is 5.92 Å². The summed E-state index contributed by atoms with van der Waals surface area (Å²) in [4.78, 5) is 22.5. The average Bonchev–Trinajstić information content (AvgIpc) is 2.96. The summed E-state index contributed by atoms with van der Waals surface area (Å²) in [5, 5.41) is 10.6. The van der Waals surface area contributed by atoms with Crippen molar-refractivity contribution in [3.63, 3.8) is 0 Å². The molecule has 28 heavy (non-hydrogen) atoms. The first-order valence-corrected chi connectivity index (χ1v) is 8.64. The van der Waals surface area contributed by atoms with Crippen LogP contribution >= 0.6 is 0 Å². The van der Waals surface area contributed by atoms with E-state index in [9.17, 15) is 22.8 Å². The molecule has 0 fully saturated rings. The highest BCUT2D eigenvalue weighted by Crippen LogP contribution is 2.44. The van der Waals surface area contributed by atoms with Gasteiger partial charge in [0.15, 0.2) is 0 Å². The summed E-state index contributed by atoms with van der Waals surface area (Å²) in [5.74, 6) is -3.97. The molecular formula is C20H18F3NO4. The summed E-state index contributed by atoms with van der Waals surface area (Å²) < 4.78 is 43.7. The summed E-state index contributed by atoms with van der Waals surface area (Å²) >= 11 is 0. The Balaban J connectivity index is 1.63. The molecule has 0 spiro atoms. The summed E-state index contributed by atoms with van der Waals surface area (Å²) in [5.41, 5.74) is 4.03. The molecular weight excluding hydrogens is 375 g/mol. The first-order chi connectivity index (χ1) is 13.3. The first kappa shape index (κ1) is 19.7. The molecule has 0 saturated heterocycles. The number of fused-ring (bicyclic) bond motifs is 3. The average molecular weight is 393 g/mol. The lowest BCUT2D eigenvalue weighted by molar-refractivity contribution is -0.181. The number of hydrogen-bond acceptors (Lipinski definition) is 3. The van der Waals surface area contributed by atoms with Gasteiger partial charge in [-0.1, -0.05) is 48.5 Å². The zero-order chi connectivity index (χ0) is 20.3. The van der Waals surface area contributed by atoms with Gasteiger partial charge in [0.25, 0.3) is 0 Å². The number of carbonyl (C=O) groups excluding carboxylic acids is 1. The van der Waals surface area contributed by atoms with E-state index in [0.717, 1.165) is 22.3 Å². The lowest BCUT2D eigenvalue weighted by Crippen LogP contribution is -2.38. The number of rotatable bonds is 6. The molecule has 1 aliphatic carbocycles. The zero-order valence-electron chi connectivity index (χ0n) is 14.7. The molecule has 1 atom stereocenters. The lowest BCUT2D eigenvalue weighted by Gasteiger charge is -2.19. The molecule has 0 radical (unpaired) electrons. The summed E-state index contributed by atoms with van der Waals surface area (Å²) in [7, 11) is 0. The maximum absolute atomic E-state index is 12.8. The van der Waals surface area contributed by atoms with Crippen LogP contribution in [0.4, 0.5) is 18.0 Å². The van der Waals surface area contributed by atoms with Gasteiger partial charge >= 0.3 is 18.2 Å². The van der Waals surface area contributed by atoms with Crippen molar-refractivity contribution in [3.8, 4) is 11.1 Å². The fourth-order valence-electron chi connectivity index (χ4n) is 3.37. The lowest BCUT2D eigenvalue weighted by atomic mass is 9.98. The van der Waals surface area contributed by atoms with E-state index in [2.05, 4.69) is 0 Å². The van der Waals surface area contributed by atoms with E-state index in [1.807, 2.05) is 53.8 Å². The predicted molar refractivity (Wildman–Crippen MR) is 94.9 cm³/mol. The highest BCUT2D eigenvalue weighted by Gasteiger charge is 2.41. The van der Waals surface area contributed by atoms with Gasteiger partial charge in [0.1, 0.15) is 6.61 Å². The Morgan fingerprint density at radius 3 is 2.07 bits per heavy atom. The molecule has 5 nitrogen and oxygen atoms in total. The van der Waals surface area contributed by atoms with Crippen LogP contribution in [0.15, 0.2) is 48.5 Å². The molecule has 1 unspecified atom stereocenters. The molecule has 0 heterocycles. The Morgan fingerprint density at radius 1 is 1.04 bits per heavy atom. The van der Waals surface area contributed by atoms with Crippen molar-refractivity contribution < 1.29 is 32.6 Å². The van der Waals surface area contributed by atoms with E-state index in [1.54, 1.807) is 0 Å². The molecule has 0 bridgehead atoms. The van der Waals surface area contributed by atoms with E-state index in [-0.39, 0.29) is 12.5 Å². The molecule has 1 aliphatic rings. The standard InChI is InChI=1S/C20H18F3NO4/c21-20(22,23)12(9-18(25)26)10-24-19(27)28-11-17-15-7-3-1-5-13(15)14-6-2-4-8-16(14)17/h1-8,12,17H,9-11H2,(H,24,27)(H,25,26). The molecule has 1 amide bonds. The third kappa shape index (κ3) is 4.27. The van der Waals surface area contributed by atoms with Crippen LogP contribution in [0.25, 0.3) is 11.1 Å². The highest BCUT2D eigenvalue weighted by molar-refractivity contribution is 5.79. The Hall–Kier alpha value is -3.03. The quantitative estimate of drug-likeness (QED) is 0.772. The van der Waals surface area contributed by atoms with Crippen LogP contribution in [0.5, 0.6) is 0 Å². The summed E-state index contributed by atoms with van der Waals surface area (Å²) in [6, 6.07) is 15.3. The normalized spacial score (nSPS) is 14.1. The topological polar surface area (TPSA) is 75.6 Å². The number of amides is 1. The van der Waals surface area contributed by atoms with E-state index >= 15 is 0 Å². The predicted octanol–water partition coefficient (Wildman–Crippen LogP) is 4.18. The Labute approximate surface area is 159 Å². The van der Waals surface area contributed by atoms with E-state index < -0.39 is 37.1 Å². The van der Waals surface area contributed by atoms with Crippen molar-refractivity contribution in [2.24, 2.45) is 5.92 Å². The smallest absolute Gasteiger partial charge is 0.407 e. The molecule has 0 aliphatic heterocycles. The third-order valence-electron chi connectivity index (χ3n) is 4.72. The molecule has 8 heteroatoms. The first-order valence-electron chi connectivity index (χ1n) is 8.64. The van der Waals surface area contributed by atoms with Gasteiger partial charge in [0.2, 0.25) is 0 Å². The van der Waals surface area contributed by atoms with Gasteiger partial charge in [-0.15, -0.1) is 0 Å². The van der Waals surface area contributed by atoms with Crippen LogP contribution in [0.1, 0.15) is 23.5 Å². The third-order valence-corrected chi connectivity index (χ3v) is 4.72. The largest absolute Gasteiger partial charge is 0.481 e. The van der Waals surface area contributed by atoms with Crippen LogP contribution in [-0.4, -0.2) is 36.5 Å². The second kappa shape index (κ2) is 7.92. The van der Waals surface area contributed by atoms with Crippen LogP contribution < -0.4 is 5.32 Å². The van der Waals surface area contributed by atoms with E-state index in [1.165, 1.54) is 0 Å². The van der Waals surface area contributed by atoms with Gasteiger partial charge < -0.3 is 15.2 Å². The van der Waals surface area contributed by atoms with Crippen molar-refractivity contribution >= 4 is 12.1 Å². The van der Waals surface area contributed by atoms with Crippen molar-refractivity contribution in [1.29, 1.82) is 0 Å². The van der Waals surface area contributed by atoms with Gasteiger partial charge in [-0.25, -0.2) is 4.79 Å². The van der Waals surface area contributed by atoms with E-state index in [4.69, 9.17) is 9.84 Å². The van der Waals surface area contributed by atoms with Crippen LogP contribution in [-0.2, 0) is 9.53 Å².